The van der Waals surface area contributed by atoms with Crippen LogP contribution in [0.1, 0.15) is 32.3 Å². The van der Waals surface area contributed by atoms with Crippen molar-refractivity contribution in [3.8, 4) is 0 Å². The third-order valence-corrected chi connectivity index (χ3v) is 3.92. The summed E-state index contributed by atoms with van der Waals surface area (Å²) in [6.07, 6.45) is 2.20. The first-order chi connectivity index (χ1) is 9.91. The highest BCUT2D eigenvalue weighted by atomic mass is 35.5. The molecule has 1 rings (SSSR count). The van der Waals surface area contributed by atoms with Crippen LogP contribution in [0, 0.1) is 10.1 Å². The van der Waals surface area contributed by atoms with Crippen LogP contribution in [0.15, 0.2) is 18.2 Å². The number of nitrogens with one attached hydrogen (secondary N) is 1. The molecule has 0 saturated heterocycles. The first kappa shape index (κ1) is 17.9. The fourth-order valence-corrected chi connectivity index (χ4v) is 2.09. The van der Waals surface area contributed by atoms with Gasteiger partial charge in [0.25, 0.3) is 5.69 Å². The second kappa shape index (κ2) is 8.97. The molecule has 0 atom stereocenters. The maximum absolute atomic E-state index is 10.7. The molecule has 5 nitrogen and oxygen atoms in total. The molecule has 1 aromatic rings. The lowest BCUT2D eigenvalue weighted by molar-refractivity contribution is -0.384. The molecule has 6 heteroatoms. The standard InChI is InChI=1S/C15H24ClN3O2/c1-12(2)18(3)9-5-4-8-17-11-13-10-14(19(20)21)6-7-15(13)16/h6-7,10,12,17H,4-5,8-9,11H2,1-3H3. The largest absolute Gasteiger partial charge is 0.313 e. The van der Waals surface area contributed by atoms with Gasteiger partial charge in [0.05, 0.1) is 4.92 Å². The van der Waals surface area contributed by atoms with Gasteiger partial charge in [-0.1, -0.05) is 11.6 Å². The number of non-ortho nitro benzene ring substituents is 1. The summed E-state index contributed by atoms with van der Waals surface area (Å²) in [5, 5.41) is 14.6. The van der Waals surface area contributed by atoms with Gasteiger partial charge in [0.2, 0.25) is 0 Å². The van der Waals surface area contributed by atoms with E-state index in [4.69, 9.17) is 11.6 Å². The van der Waals surface area contributed by atoms with E-state index in [1.165, 1.54) is 12.1 Å². The van der Waals surface area contributed by atoms with Crippen LogP contribution < -0.4 is 5.32 Å². The molecule has 1 aromatic carbocycles. The smallest absolute Gasteiger partial charge is 0.269 e. The molecule has 0 fully saturated rings. The van der Waals surface area contributed by atoms with Crippen LogP contribution in [-0.2, 0) is 6.54 Å². The van der Waals surface area contributed by atoms with Gasteiger partial charge in [-0.25, -0.2) is 0 Å². The van der Waals surface area contributed by atoms with E-state index < -0.39 is 4.92 Å². The lowest BCUT2D eigenvalue weighted by atomic mass is 10.2. The number of halogens is 1. The Kier molecular flexibility index (Phi) is 7.64. The fourth-order valence-electron chi connectivity index (χ4n) is 1.90. The molecular weight excluding hydrogens is 290 g/mol. The van der Waals surface area contributed by atoms with Crippen LogP contribution in [0.25, 0.3) is 0 Å². The molecule has 0 radical (unpaired) electrons. The number of unbranched alkanes of at least 4 members (excludes halogenated alkanes) is 1. The molecule has 0 spiro atoms. The SMILES string of the molecule is CC(C)N(C)CCCCNCc1cc([N+](=O)[O-])ccc1Cl. The topological polar surface area (TPSA) is 58.4 Å². The zero-order valence-electron chi connectivity index (χ0n) is 12.9. The van der Waals surface area contributed by atoms with E-state index in [0.717, 1.165) is 31.5 Å². The van der Waals surface area contributed by atoms with Crippen LogP contribution in [0.2, 0.25) is 5.02 Å². The maximum Gasteiger partial charge on any atom is 0.269 e. The third-order valence-electron chi connectivity index (χ3n) is 3.55. The lowest BCUT2D eigenvalue weighted by Gasteiger charge is -2.20. The van der Waals surface area contributed by atoms with E-state index >= 15 is 0 Å². The van der Waals surface area contributed by atoms with Crippen molar-refractivity contribution in [3.63, 3.8) is 0 Å². The Morgan fingerprint density at radius 1 is 1.38 bits per heavy atom. The predicted molar refractivity (Wildman–Crippen MR) is 86.8 cm³/mol. The van der Waals surface area contributed by atoms with Gasteiger partial charge < -0.3 is 10.2 Å². The van der Waals surface area contributed by atoms with E-state index in [-0.39, 0.29) is 5.69 Å². The summed E-state index contributed by atoms with van der Waals surface area (Å²) in [6, 6.07) is 5.10. The quantitative estimate of drug-likeness (QED) is 0.431. The zero-order valence-corrected chi connectivity index (χ0v) is 13.7. The van der Waals surface area contributed by atoms with Crippen molar-refractivity contribution in [3.05, 3.63) is 38.9 Å². The van der Waals surface area contributed by atoms with Crippen molar-refractivity contribution in [1.29, 1.82) is 0 Å². The molecule has 0 aliphatic carbocycles. The summed E-state index contributed by atoms with van der Waals surface area (Å²) in [6.45, 7) is 6.88. The monoisotopic (exact) mass is 313 g/mol. The molecule has 1 N–H and O–H groups in total. The van der Waals surface area contributed by atoms with Crippen molar-refractivity contribution < 1.29 is 4.92 Å². The van der Waals surface area contributed by atoms with Gasteiger partial charge in [-0.05, 0) is 58.5 Å². The highest BCUT2D eigenvalue weighted by Gasteiger charge is 2.09. The average molecular weight is 314 g/mol. The zero-order chi connectivity index (χ0) is 15.8. The molecule has 0 unspecified atom stereocenters. The Labute approximate surface area is 131 Å². The van der Waals surface area contributed by atoms with Crippen molar-refractivity contribution in [2.45, 2.75) is 39.3 Å². The first-order valence-electron chi connectivity index (χ1n) is 7.25. The summed E-state index contributed by atoms with van der Waals surface area (Å²) in [5.41, 5.74) is 0.847. The molecule has 0 saturated carbocycles. The molecule has 0 aliphatic rings. The summed E-state index contributed by atoms with van der Waals surface area (Å²) >= 11 is 6.05. The van der Waals surface area contributed by atoms with E-state index in [1.54, 1.807) is 6.07 Å². The second-order valence-electron chi connectivity index (χ2n) is 5.49. The summed E-state index contributed by atoms with van der Waals surface area (Å²) in [7, 11) is 2.13. The van der Waals surface area contributed by atoms with Crippen LogP contribution >= 0.6 is 11.6 Å². The molecule has 0 amide bonds. The Morgan fingerprint density at radius 2 is 2.10 bits per heavy atom. The van der Waals surface area contributed by atoms with Gasteiger partial charge in [0.1, 0.15) is 0 Å². The van der Waals surface area contributed by atoms with Crippen molar-refractivity contribution in [1.82, 2.24) is 10.2 Å². The maximum atomic E-state index is 10.7. The number of nitrogens with zero attached hydrogens (tertiary/aromatic N) is 2. The normalized spacial score (nSPS) is 11.3. The molecule has 0 aromatic heterocycles. The average Bonchev–Trinajstić information content (AvgIpc) is 2.43. The third kappa shape index (κ3) is 6.42. The number of nitro benzene ring substituents is 1. The van der Waals surface area contributed by atoms with Crippen LogP contribution in [-0.4, -0.2) is 36.0 Å². The van der Waals surface area contributed by atoms with E-state index in [1.807, 2.05) is 0 Å². The molecular formula is C15H24ClN3O2. The fraction of sp³-hybridized carbons (Fsp3) is 0.600. The van der Waals surface area contributed by atoms with Crippen LogP contribution in [0.3, 0.4) is 0 Å². The number of rotatable bonds is 9. The van der Waals surface area contributed by atoms with E-state index in [0.29, 0.717) is 17.6 Å². The Balaban J connectivity index is 2.30. The molecule has 0 heterocycles. The first-order valence-corrected chi connectivity index (χ1v) is 7.63. The van der Waals surface area contributed by atoms with E-state index in [9.17, 15) is 10.1 Å². The van der Waals surface area contributed by atoms with Crippen molar-refractivity contribution >= 4 is 17.3 Å². The number of hydrogen-bond acceptors (Lipinski definition) is 4. The Bertz CT molecular complexity index is 466. The van der Waals surface area contributed by atoms with Crippen molar-refractivity contribution in [2.75, 3.05) is 20.1 Å². The summed E-state index contributed by atoms with van der Waals surface area (Å²) in [5.74, 6) is 0. The summed E-state index contributed by atoms with van der Waals surface area (Å²) < 4.78 is 0. The van der Waals surface area contributed by atoms with Gasteiger partial charge in [0, 0.05) is 29.7 Å². The number of hydrogen-bond donors (Lipinski definition) is 1. The highest BCUT2D eigenvalue weighted by molar-refractivity contribution is 6.31. The van der Waals surface area contributed by atoms with Gasteiger partial charge in [0.15, 0.2) is 0 Å². The van der Waals surface area contributed by atoms with Gasteiger partial charge in [-0.3, -0.25) is 10.1 Å². The van der Waals surface area contributed by atoms with Crippen molar-refractivity contribution in [2.24, 2.45) is 0 Å². The number of nitro groups is 1. The molecule has 21 heavy (non-hydrogen) atoms. The van der Waals surface area contributed by atoms with Gasteiger partial charge in [-0.2, -0.15) is 0 Å². The lowest BCUT2D eigenvalue weighted by Crippen LogP contribution is -2.27. The van der Waals surface area contributed by atoms with Gasteiger partial charge >= 0.3 is 0 Å². The number of benzene rings is 1. The van der Waals surface area contributed by atoms with Crippen LogP contribution in [0.4, 0.5) is 5.69 Å². The van der Waals surface area contributed by atoms with E-state index in [2.05, 4.69) is 31.1 Å². The molecule has 118 valence electrons. The Morgan fingerprint density at radius 3 is 2.71 bits per heavy atom. The summed E-state index contributed by atoms with van der Waals surface area (Å²) in [4.78, 5) is 12.7. The Hall–Kier alpha value is -1.17. The predicted octanol–water partition coefficient (Wildman–Crippen LogP) is 3.46. The van der Waals surface area contributed by atoms with Gasteiger partial charge in [-0.15, -0.1) is 0 Å². The van der Waals surface area contributed by atoms with Crippen LogP contribution in [0.5, 0.6) is 0 Å². The minimum Gasteiger partial charge on any atom is -0.313 e. The second-order valence-corrected chi connectivity index (χ2v) is 5.90. The molecule has 0 aliphatic heterocycles. The molecule has 0 bridgehead atoms. The minimum absolute atomic E-state index is 0.0785. The minimum atomic E-state index is -0.401. The highest BCUT2D eigenvalue weighted by Crippen LogP contribution is 2.21.